The van der Waals surface area contributed by atoms with E-state index >= 15 is 0 Å². The minimum absolute atomic E-state index is 0. The highest BCUT2D eigenvalue weighted by molar-refractivity contribution is 5.94. The van der Waals surface area contributed by atoms with E-state index in [4.69, 9.17) is 0 Å². The maximum Gasteiger partial charge on any atom is 0.253 e. The van der Waals surface area contributed by atoms with Crippen molar-refractivity contribution in [3.63, 3.8) is 0 Å². The molecule has 5 nitrogen and oxygen atoms in total. The summed E-state index contributed by atoms with van der Waals surface area (Å²) in [5, 5.41) is 6.42. The zero-order chi connectivity index (χ0) is 13.2. The second-order valence-corrected chi connectivity index (χ2v) is 5.16. The number of hydrogen-bond acceptors (Lipinski definition) is 3. The summed E-state index contributed by atoms with van der Waals surface area (Å²) >= 11 is 0. The Hall–Kier alpha value is -1.30. The highest BCUT2D eigenvalue weighted by Crippen LogP contribution is 2.12. The molecule has 2 aromatic heterocycles. The van der Waals surface area contributed by atoms with Crippen LogP contribution in [-0.2, 0) is 0 Å². The molecule has 1 aliphatic heterocycles. The van der Waals surface area contributed by atoms with Gasteiger partial charge in [-0.25, -0.2) is 4.98 Å². The van der Waals surface area contributed by atoms with E-state index in [2.05, 4.69) is 22.5 Å². The quantitative estimate of drug-likeness (QED) is 0.884. The Morgan fingerprint density at radius 3 is 3.00 bits per heavy atom. The van der Waals surface area contributed by atoms with Gasteiger partial charge in [-0.1, -0.05) is 6.92 Å². The number of halogens is 2. The average molecular weight is 331 g/mol. The summed E-state index contributed by atoms with van der Waals surface area (Å²) in [6.07, 6.45) is 6.49. The van der Waals surface area contributed by atoms with Crippen LogP contribution in [0.4, 0.5) is 0 Å². The molecule has 3 heterocycles. The van der Waals surface area contributed by atoms with Crippen molar-refractivity contribution in [1.82, 2.24) is 20.0 Å². The van der Waals surface area contributed by atoms with E-state index in [0.29, 0.717) is 11.5 Å². The first-order chi connectivity index (χ1) is 9.24. The van der Waals surface area contributed by atoms with E-state index in [-0.39, 0.29) is 36.8 Å². The maximum atomic E-state index is 12.3. The number of imidazole rings is 1. The van der Waals surface area contributed by atoms with Crippen LogP contribution < -0.4 is 10.6 Å². The topological polar surface area (TPSA) is 58.4 Å². The number of rotatable bonds is 2. The van der Waals surface area contributed by atoms with Crippen LogP contribution in [0, 0.1) is 5.92 Å². The SMILES string of the molecule is CC1CCNCC1NC(=O)c1ccc2nccn2c1.Cl.Cl. The van der Waals surface area contributed by atoms with Crippen LogP contribution in [0.2, 0.25) is 0 Å². The van der Waals surface area contributed by atoms with Crippen molar-refractivity contribution in [1.29, 1.82) is 0 Å². The summed E-state index contributed by atoms with van der Waals surface area (Å²) in [5.74, 6) is 0.498. The van der Waals surface area contributed by atoms with Crippen molar-refractivity contribution in [2.45, 2.75) is 19.4 Å². The fourth-order valence-electron chi connectivity index (χ4n) is 2.49. The fourth-order valence-corrected chi connectivity index (χ4v) is 2.49. The first-order valence-corrected chi connectivity index (χ1v) is 6.68. The molecule has 1 aliphatic rings. The lowest BCUT2D eigenvalue weighted by Gasteiger charge is -2.30. The van der Waals surface area contributed by atoms with Gasteiger partial charge in [0.25, 0.3) is 5.91 Å². The molecule has 3 rings (SSSR count). The van der Waals surface area contributed by atoms with E-state index in [0.717, 1.165) is 25.2 Å². The number of nitrogens with zero attached hydrogens (tertiary/aromatic N) is 2. The molecule has 0 spiro atoms. The third kappa shape index (κ3) is 3.87. The zero-order valence-corrected chi connectivity index (χ0v) is 13.4. The van der Waals surface area contributed by atoms with Gasteiger partial charge >= 0.3 is 0 Å². The van der Waals surface area contributed by atoms with Crippen molar-refractivity contribution >= 4 is 36.4 Å². The molecule has 1 saturated heterocycles. The summed E-state index contributed by atoms with van der Waals surface area (Å²) in [6.45, 7) is 4.07. The number of fused-ring (bicyclic) bond motifs is 1. The van der Waals surface area contributed by atoms with E-state index in [9.17, 15) is 4.79 Å². The fraction of sp³-hybridized carbons (Fsp3) is 0.429. The number of aromatic nitrogens is 2. The molecule has 2 N–H and O–H groups in total. The second-order valence-electron chi connectivity index (χ2n) is 5.16. The lowest BCUT2D eigenvalue weighted by molar-refractivity contribution is 0.0915. The van der Waals surface area contributed by atoms with Gasteiger partial charge in [0.2, 0.25) is 0 Å². The van der Waals surface area contributed by atoms with Crippen molar-refractivity contribution in [3.05, 3.63) is 36.3 Å². The highest BCUT2D eigenvalue weighted by atomic mass is 35.5. The number of amides is 1. The molecule has 2 aromatic rings. The molecule has 1 fully saturated rings. The van der Waals surface area contributed by atoms with Gasteiger partial charge in [-0.3, -0.25) is 4.79 Å². The van der Waals surface area contributed by atoms with Crippen LogP contribution in [0.25, 0.3) is 5.65 Å². The molecule has 0 bridgehead atoms. The Kier molecular flexibility index (Phi) is 6.45. The van der Waals surface area contributed by atoms with E-state index in [1.165, 1.54) is 0 Å². The predicted octanol–water partition coefficient (Wildman–Crippen LogP) is 1.91. The first kappa shape index (κ1) is 17.8. The summed E-state index contributed by atoms with van der Waals surface area (Å²) in [6, 6.07) is 3.88. The Labute approximate surface area is 136 Å². The van der Waals surface area contributed by atoms with Crippen LogP contribution in [0.5, 0.6) is 0 Å². The van der Waals surface area contributed by atoms with Crippen LogP contribution in [0.15, 0.2) is 30.7 Å². The predicted molar refractivity (Wildman–Crippen MR) is 87.6 cm³/mol. The van der Waals surface area contributed by atoms with E-state index in [1.54, 1.807) is 6.20 Å². The van der Waals surface area contributed by atoms with Gasteiger partial charge in [-0.2, -0.15) is 0 Å². The molecule has 2 unspecified atom stereocenters. The molecule has 0 radical (unpaired) electrons. The van der Waals surface area contributed by atoms with Crippen molar-refractivity contribution in [2.24, 2.45) is 5.92 Å². The Morgan fingerprint density at radius 2 is 2.24 bits per heavy atom. The monoisotopic (exact) mass is 330 g/mol. The van der Waals surface area contributed by atoms with Crippen molar-refractivity contribution in [3.8, 4) is 0 Å². The maximum absolute atomic E-state index is 12.3. The normalized spacial score (nSPS) is 21.2. The van der Waals surface area contributed by atoms with Crippen LogP contribution in [-0.4, -0.2) is 34.4 Å². The molecular weight excluding hydrogens is 311 g/mol. The van der Waals surface area contributed by atoms with E-state index in [1.807, 2.05) is 28.9 Å². The van der Waals surface area contributed by atoms with Crippen molar-refractivity contribution in [2.75, 3.05) is 13.1 Å². The zero-order valence-electron chi connectivity index (χ0n) is 11.8. The third-order valence-electron chi connectivity index (χ3n) is 3.80. The van der Waals surface area contributed by atoms with Crippen LogP contribution >= 0.6 is 24.8 Å². The smallest absolute Gasteiger partial charge is 0.253 e. The largest absolute Gasteiger partial charge is 0.348 e. The summed E-state index contributed by atoms with van der Waals surface area (Å²) in [4.78, 5) is 16.4. The van der Waals surface area contributed by atoms with Gasteiger partial charge in [-0.05, 0) is 31.0 Å². The van der Waals surface area contributed by atoms with Crippen LogP contribution in [0.1, 0.15) is 23.7 Å². The molecule has 116 valence electrons. The number of carbonyl (C=O) groups is 1. The lowest BCUT2D eigenvalue weighted by Crippen LogP contribution is -2.50. The second kappa shape index (κ2) is 7.64. The van der Waals surface area contributed by atoms with Gasteiger partial charge in [0.15, 0.2) is 0 Å². The number of nitrogens with one attached hydrogen (secondary N) is 2. The number of carbonyl (C=O) groups excluding carboxylic acids is 1. The highest BCUT2D eigenvalue weighted by Gasteiger charge is 2.23. The van der Waals surface area contributed by atoms with Gasteiger partial charge < -0.3 is 15.0 Å². The van der Waals surface area contributed by atoms with Gasteiger partial charge in [0.05, 0.1) is 5.56 Å². The molecule has 0 aliphatic carbocycles. The first-order valence-electron chi connectivity index (χ1n) is 6.68. The number of hydrogen-bond donors (Lipinski definition) is 2. The summed E-state index contributed by atoms with van der Waals surface area (Å²) in [5.41, 5.74) is 1.52. The molecule has 2 atom stereocenters. The van der Waals surface area contributed by atoms with E-state index < -0.39 is 0 Å². The lowest BCUT2D eigenvalue weighted by atomic mass is 9.94. The minimum atomic E-state index is -0.0175. The Balaban J connectivity index is 0.00000110. The molecule has 21 heavy (non-hydrogen) atoms. The summed E-state index contributed by atoms with van der Waals surface area (Å²) in [7, 11) is 0. The van der Waals surface area contributed by atoms with Gasteiger partial charge in [-0.15, -0.1) is 24.8 Å². The average Bonchev–Trinajstić information content (AvgIpc) is 2.88. The molecule has 1 amide bonds. The van der Waals surface area contributed by atoms with Gasteiger partial charge in [0.1, 0.15) is 5.65 Å². The Bertz CT molecular complexity index is 601. The van der Waals surface area contributed by atoms with Crippen molar-refractivity contribution < 1.29 is 4.79 Å². The standard InChI is InChI=1S/C14H18N4O.2ClH/c1-10-4-5-15-8-12(10)17-14(19)11-2-3-13-16-6-7-18(13)9-11;;/h2-3,6-7,9-10,12,15H,4-5,8H2,1H3,(H,17,19);2*1H. The minimum Gasteiger partial charge on any atom is -0.348 e. The van der Waals surface area contributed by atoms with Crippen LogP contribution in [0.3, 0.4) is 0 Å². The summed E-state index contributed by atoms with van der Waals surface area (Å²) < 4.78 is 1.86. The molecule has 0 aromatic carbocycles. The van der Waals surface area contributed by atoms with Gasteiger partial charge in [0, 0.05) is 31.2 Å². The number of pyridine rings is 1. The number of piperidine rings is 1. The molecular formula is C14H20Cl2N4O. The molecule has 7 heteroatoms. The third-order valence-corrected chi connectivity index (χ3v) is 3.80. The Morgan fingerprint density at radius 1 is 1.43 bits per heavy atom. The molecule has 0 saturated carbocycles.